The average molecular weight is 263 g/mol. The Hall–Kier alpha value is -1.67. The number of hydrogen-bond donors (Lipinski definition) is 0. The van der Waals surface area contributed by atoms with E-state index in [1.165, 1.54) is 12.1 Å². The Labute approximate surface area is 106 Å². The van der Waals surface area contributed by atoms with Gasteiger partial charge in [0, 0.05) is 12.3 Å². The van der Waals surface area contributed by atoms with Crippen molar-refractivity contribution in [2.24, 2.45) is 11.8 Å². The summed E-state index contributed by atoms with van der Waals surface area (Å²) in [5, 5.41) is 8.92. The van der Waals surface area contributed by atoms with Crippen molar-refractivity contribution in [2.45, 2.75) is 17.7 Å². The Kier molecular flexibility index (Phi) is 3.48. The first kappa shape index (κ1) is 12.8. The minimum Gasteiger partial charge on any atom is -0.299 e. The number of carbonyl (C=O) groups is 1. The van der Waals surface area contributed by atoms with Crippen molar-refractivity contribution in [3.05, 3.63) is 30.3 Å². The minimum atomic E-state index is -3.49. The van der Waals surface area contributed by atoms with E-state index < -0.39 is 21.7 Å². The van der Waals surface area contributed by atoms with E-state index in [9.17, 15) is 13.2 Å². The normalized spacial score (nSPS) is 23.8. The van der Waals surface area contributed by atoms with E-state index in [4.69, 9.17) is 5.26 Å². The number of nitriles is 1. The first-order valence-electron chi connectivity index (χ1n) is 5.75. The molecule has 1 aliphatic rings. The van der Waals surface area contributed by atoms with Crippen molar-refractivity contribution < 1.29 is 13.2 Å². The molecule has 0 spiro atoms. The van der Waals surface area contributed by atoms with Crippen LogP contribution in [0.1, 0.15) is 12.8 Å². The third-order valence-electron chi connectivity index (χ3n) is 3.27. The van der Waals surface area contributed by atoms with Crippen LogP contribution in [0.25, 0.3) is 0 Å². The van der Waals surface area contributed by atoms with Crippen LogP contribution in [0.2, 0.25) is 0 Å². The van der Waals surface area contributed by atoms with Crippen molar-refractivity contribution in [3.63, 3.8) is 0 Å². The molecule has 1 aromatic carbocycles. The van der Waals surface area contributed by atoms with Gasteiger partial charge in [-0.1, -0.05) is 18.2 Å². The number of rotatable bonds is 3. The average Bonchev–Trinajstić information content (AvgIpc) is 2.71. The zero-order valence-corrected chi connectivity index (χ0v) is 10.6. The molecule has 94 valence electrons. The predicted octanol–water partition coefficient (Wildman–Crippen LogP) is 1.58. The lowest BCUT2D eigenvalue weighted by atomic mass is 9.99. The summed E-state index contributed by atoms with van der Waals surface area (Å²) in [6.45, 7) is 0. The van der Waals surface area contributed by atoms with E-state index in [1.807, 2.05) is 6.07 Å². The Balaban J connectivity index is 2.24. The van der Waals surface area contributed by atoms with Crippen LogP contribution in [0.15, 0.2) is 35.2 Å². The molecule has 2 unspecified atom stereocenters. The molecule has 5 heteroatoms. The summed E-state index contributed by atoms with van der Waals surface area (Å²) < 4.78 is 24.3. The highest BCUT2D eigenvalue weighted by Crippen LogP contribution is 2.30. The summed E-state index contributed by atoms with van der Waals surface area (Å²) in [7, 11) is -3.49. The van der Waals surface area contributed by atoms with Crippen LogP contribution >= 0.6 is 0 Å². The van der Waals surface area contributed by atoms with Gasteiger partial charge in [-0.2, -0.15) is 5.26 Å². The van der Waals surface area contributed by atoms with E-state index in [0.29, 0.717) is 12.8 Å². The molecule has 4 nitrogen and oxygen atoms in total. The summed E-state index contributed by atoms with van der Waals surface area (Å²) in [6, 6.07) is 10.1. The number of carbonyl (C=O) groups excluding carboxylic acids is 1. The number of benzene rings is 1. The van der Waals surface area contributed by atoms with E-state index >= 15 is 0 Å². The van der Waals surface area contributed by atoms with E-state index in [-0.39, 0.29) is 16.4 Å². The monoisotopic (exact) mass is 263 g/mol. The van der Waals surface area contributed by atoms with Gasteiger partial charge in [-0.05, 0) is 18.6 Å². The molecule has 1 fully saturated rings. The van der Waals surface area contributed by atoms with Crippen LogP contribution in [0.4, 0.5) is 0 Å². The smallest absolute Gasteiger partial charge is 0.179 e. The van der Waals surface area contributed by atoms with Crippen molar-refractivity contribution in [3.8, 4) is 6.07 Å². The standard InChI is InChI=1S/C13H13NO3S/c14-8-10-6-7-13(15)12(10)9-18(16,17)11-4-2-1-3-5-11/h1-5,10,12H,6-7,9H2. The molecule has 1 saturated carbocycles. The molecule has 0 bridgehead atoms. The Morgan fingerprint density at radius 1 is 1.28 bits per heavy atom. The van der Waals surface area contributed by atoms with Gasteiger partial charge in [0.2, 0.25) is 0 Å². The zero-order chi connectivity index (χ0) is 13.2. The molecular formula is C13H13NO3S. The molecule has 2 atom stereocenters. The molecular weight excluding hydrogens is 250 g/mol. The highest BCUT2D eigenvalue weighted by atomic mass is 32.2. The summed E-state index contributed by atoms with van der Waals surface area (Å²) >= 11 is 0. The lowest BCUT2D eigenvalue weighted by molar-refractivity contribution is -0.120. The van der Waals surface area contributed by atoms with Gasteiger partial charge in [-0.3, -0.25) is 4.79 Å². The topological polar surface area (TPSA) is 75.0 Å². The Bertz CT molecular complexity index is 586. The van der Waals surface area contributed by atoms with Gasteiger partial charge in [-0.25, -0.2) is 8.42 Å². The van der Waals surface area contributed by atoms with Crippen LogP contribution in [-0.2, 0) is 14.6 Å². The number of sulfone groups is 1. The van der Waals surface area contributed by atoms with Gasteiger partial charge >= 0.3 is 0 Å². The molecule has 18 heavy (non-hydrogen) atoms. The maximum absolute atomic E-state index is 12.1. The molecule has 0 saturated heterocycles. The lowest BCUT2D eigenvalue weighted by Crippen LogP contribution is -2.24. The number of Topliss-reactive ketones (excluding diaryl/α,β-unsaturated/α-hetero) is 1. The molecule has 0 aromatic heterocycles. The fourth-order valence-electron chi connectivity index (χ4n) is 2.23. The van der Waals surface area contributed by atoms with Crippen LogP contribution in [0.5, 0.6) is 0 Å². The van der Waals surface area contributed by atoms with Gasteiger partial charge in [-0.15, -0.1) is 0 Å². The zero-order valence-electron chi connectivity index (χ0n) is 9.74. The van der Waals surface area contributed by atoms with Crippen LogP contribution in [0, 0.1) is 23.2 Å². The molecule has 0 N–H and O–H groups in total. The summed E-state index contributed by atoms with van der Waals surface area (Å²) in [5.74, 6) is -1.49. The van der Waals surface area contributed by atoms with Gasteiger partial charge in [0.1, 0.15) is 5.78 Å². The van der Waals surface area contributed by atoms with Crippen molar-refractivity contribution in [2.75, 3.05) is 5.75 Å². The van der Waals surface area contributed by atoms with Gasteiger partial charge in [0.05, 0.1) is 22.6 Å². The fraction of sp³-hybridized carbons (Fsp3) is 0.385. The largest absolute Gasteiger partial charge is 0.299 e. The maximum Gasteiger partial charge on any atom is 0.179 e. The number of ketones is 1. The summed E-state index contributed by atoms with van der Waals surface area (Å²) in [5.41, 5.74) is 0. The molecule has 2 rings (SSSR count). The van der Waals surface area contributed by atoms with E-state index in [1.54, 1.807) is 18.2 Å². The lowest BCUT2D eigenvalue weighted by Gasteiger charge is -2.12. The predicted molar refractivity (Wildman–Crippen MR) is 65.3 cm³/mol. The molecule has 1 aromatic rings. The molecule has 0 heterocycles. The van der Waals surface area contributed by atoms with Gasteiger partial charge < -0.3 is 0 Å². The van der Waals surface area contributed by atoms with Crippen molar-refractivity contribution >= 4 is 15.6 Å². The van der Waals surface area contributed by atoms with E-state index in [2.05, 4.69) is 0 Å². The molecule has 0 radical (unpaired) electrons. The molecule has 1 aliphatic carbocycles. The summed E-state index contributed by atoms with van der Waals surface area (Å²) in [4.78, 5) is 11.8. The van der Waals surface area contributed by atoms with Gasteiger partial charge in [0.15, 0.2) is 9.84 Å². The maximum atomic E-state index is 12.1. The Morgan fingerprint density at radius 2 is 1.94 bits per heavy atom. The highest BCUT2D eigenvalue weighted by molar-refractivity contribution is 7.91. The van der Waals surface area contributed by atoms with Crippen molar-refractivity contribution in [1.29, 1.82) is 5.26 Å². The third kappa shape index (κ3) is 2.44. The Morgan fingerprint density at radius 3 is 2.56 bits per heavy atom. The first-order valence-corrected chi connectivity index (χ1v) is 7.40. The van der Waals surface area contributed by atoms with Crippen LogP contribution < -0.4 is 0 Å². The second kappa shape index (κ2) is 4.91. The quantitative estimate of drug-likeness (QED) is 0.829. The first-order chi connectivity index (χ1) is 8.54. The van der Waals surface area contributed by atoms with Gasteiger partial charge in [0.25, 0.3) is 0 Å². The number of nitrogens with zero attached hydrogens (tertiary/aromatic N) is 1. The van der Waals surface area contributed by atoms with E-state index in [0.717, 1.165) is 0 Å². The van der Waals surface area contributed by atoms with Crippen LogP contribution in [0.3, 0.4) is 0 Å². The third-order valence-corrected chi connectivity index (χ3v) is 5.06. The van der Waals surface area contributed by atoms with Crippen LogP contribution in [-0.4, -0.2) is 20.0 Å². The SMILES string of the molecule is N#CC1CCC(=O)C1CS(=O)(=O)c1ccccc1. The molecule has 0 aliphatic heterocycles. The fourth-order valence-corrected chi connectivity index (χ4v) is 3.89. The highest BCUT2D eigenvalue weighted by Gasteiger charge is 2.38. The molecule has 0 amide bonds. The second-order valence-electron chi connectivity index (χ2n) is 4.44. The second-order valence-corrected chi connectivity index (χ2v) is 6.48. The minimum absolute atomic E-state index is 0.110. The summed E-state index contributed by atoms with van der Waals surface area (Å²) in [6.07, 6.45) is 0.789. The number of hydrogen-bond acceptors (Lipinski definition) is 4. The van der Waals surface area contributed by atoms with Crippen molar-refractivity contribution in [1.82, 2.24) is 0 Å².